The molecule has 1 aliphatic carbocycles. The molecule has 0 N–H and O–H groups in total. The zero-order valence-corrected chi connectivity index (χ0v) is 15.3. The molecule has 0 saturated carbocycles. The SMILES string of the molecule is CCCOc1c2c(c(OCCC)c3occc13)C(=O)c1ccccc1C2=O. The molecule has 1 aliphatic rings. The minimum Gasteiger partial charge on any atom is -0.492 e. The van der Waals surface area contributed by atoms with Crippen molar-refractivity contribution >= 4 is 22.5 Å². The number of rotatable bonds is 6. The topological polar surface area (TPSA) is 65.7 Å². The van der Waals surface area contributed by atoms with Gasteiger partial charge in [0.15, 0.2) is 22.9 Å². The molecule has 0 aliphatic heterocycles. The zero-order chi connectivity index (χ0) is 19.0. The first-order valence-electron chi connectivity index (χ1n) is 9.20. The Kier molecular flexibility index (Phi) is 4.44. The van der Waals surface area contributed by atoms with Crippen molar-refractivity contribution in [2.24, 2.45) is 0 Å². The molecule has 0 saturated heterocycles. The van der Waals surface area contributed by atoms with Crippen molar-refractivity contribution in [2.45, 2.75) is 26.7 Å². The van der Waals surface area contributed by atoms with E-state index < -0.39 is 0 Å². The van der Waals surface area contributed by atoms with Gasteiger partial charge in [0, 0.05) is 11.1 Å². The van der Waals surface area contributed by atoms with Gasteiger partial charge in [0.25, 0.3) is 0 Å². The smallest absolute Gasteiger partial charge is 0.198 e. The minimum absolute atomic E-state index is 0.226. The van der Waals surface area contributed by atoms with Crippen LogP contribution in [0.5, 0.6) is 11.5 Å². The fraction of sp³-hybridized carbons (Fsp3) is 0.273. The highest BCUT2D eigenvalue weighted by molar-refractivity contribution is 6.32. The number of ether oxygens (including phenoxy) is 2. The summed E-state index contributed by atoms with van der Waals surface area (Å²) in [6.07, 6.45) is 3.07. The number of furan rings is 1. The molecule has 5 heteroatoms. The van der Waals surface area contributed by atoms with Gasteiger partial charge in [-0.05, 0) is 18.9 Å². The molecule has 138 valence electrons. The van der Waals surface area contributed by atoms with Crippen LogP contribution >= 0.6 is 0 Å². The summed E-state index contributed by atoms with van der Waals surface area (Å²) in [4.78, 5) is 26.6. The quantitative estimate of drug-likeness (QED) is 0.492. The van der Waals surface area contributed by atoms with Crippen LogP contribution in [-0.4, -0.2) is 24.8 Å². The number of hydrogen-bond donors (Lipinski definition) is 0. The maximum atomic E-state index is 13.3. The molecule has 2 aromatic carbocycles. The van der Waals surface area contributed by atoms with Gasteiger partial charge in [-0.2, -0.15) is 0 Å². The van der Waals surface area contributed by atoms with Gasteiger partial charge in [0.05, 0.1) is 36.0 Å². The number of hydrogen-bond acceptors (Lipinski definition) is 5. The standard InChI is InChI=1S/C22H20O5/c1-3-10-25-20-15-9-12-27-21(15)22(26-11-4-2)17-16(20)18(23)13-7-5-6-8-14(13)19(17)24/h5-9,12H,3-4,10-11H2,1-2H3. The van der Waals surface area contributed by atoms with E-state index in [1.54, 1.807) is 30.3 Å². The normalized spacial score (nSPS) is 12.8. The van der Waals surface area contributed by atoms with E-state index in [0.717, 1.165) is 12.8 Å². The Morgan fingerprint density at radius 2 is 1.37 bits per heavy atom. The van der Waals surface area contributed by atoms with Crippen LogP contribution in [0.25, 0.3) is 11.0 Å². The van der Waals surface area contributed by atoms with Crippen molar-refractivity contribution in [1.29, 1.82) is 0 Å². The van der Waals surface area contributed by atoms with Gasteiger partial charge >= 0.3 is 0 Å². The van der Waals surface area contributed by atoms with Crippen LogP contribution in [0.4, 0.5) is 0 Å². The fourth-order valence-electron chi connectivity index (χ4n) is 3.42. The molecule has 1 heterocycles. The molecule has 1 aromatic heterocycles. The third-order valence-corrected chi connectivity index (χ3v) is 4.59. The molecule has 4 rings (SSSR count). The first-order chi connectivity index (χ1) is 13.2. The van der Waals surface area contributed by atoms with Crippen molar-refractivity contribution in [3.8, 4) is 11.5 Å². The lowest BCUT2D eigenvalue weighted by atomic mass is 9.82. The first kappa shape index (κ1) is 17.3. The Morgan fingerprint density at radius 1 is 0.815 bits per heavy atom. The Morgan fingerprint density at radius 3 is 1.96 bits per heavy atom. The van der Waals surface area contributed by atoms with E-state index in [4.69, 9.17) is 13.9 Å². The molecule has 0 amide bonds. The molecule has 0 fully saturated rings. The fourth-order valence-corrected chi connectivity index (χ4v) is 3.42. The van der Waals surface area contributed by atoms with Gasteiger partial charge in [0.1, 0.15) is 5.75 Å². The minimum atomic E-state index is -0.244. The molecular formula is C22H20O5. The van der Waals surface area contributed by atoms with Crippen LogP contribution in [0.15, 0.2) is 41.0 Å². The van der Waals surface area contributed by atoms with Crippen LogP contribution in [-0.2, 0) is 0 Å². The Bertz CT molecular complexity index is 963. The summed E-state index contributed by atoms with van der Waals surface area (Å²) in [6, 6.07) is 8.60. The Hall–Kier alpha value is -3.08. The summed E-state index contributed by atoms with van der Waals surface area (Å²) in [5.41, 5.74) is 1.71. The average Bonchev–Trinajstić information content (AvgIpc) is 3.18. The van der Waals surface area contributed by atoms with Gasteiger partial charge in [-0.3, -0.25) is 9.59 Å². The molecule has 0 spiro atoms. The molecule has 0 radical (unpaired) electrons. The van der Waals surface area contributed by atoms with Crippen molar-refractivity contribution in [1.82, 2.24) is 0 Å². The van der Waals surface area contributed by atoms with Crippen molar-refractivity contribution in [2.75, 3.05) is 13.2 Å². The molecule has 3 aromatic rings. The van der Waals surface area contributed by atoms with Gasteiger partial charge in [-0.15, -0.1) is 0 Å². The van der Waals surface area contributed by atoms with Crippen molar-refractivity contribution in [3.63, 3.8) is 0 Å². The highest BCUT2D eigenvalue weighted by Crippen LogP contribution is 2.46. The molecule has 5 nitrogen and oxygen atoms in total. The molecule has 27 heavy (non-hydrogen) atoms. The van der Waals surface area contributed by atoms with E-state index in [0.29, 0.717) is 46.8 Å². The third kappa shape index (κ3) is 2.62. The first-order valence-corrected chi connectivity index (χ1v) is 9.20. The lowest BCUT2D eigenvalue weighted by Gasteiger charge is -2.23. The van der Waals surface area contributed by atoms with Crippen molar-refractivity contribution < 1.29 is 23.5 Å². The zero-order valence-electron chi connectivity index (χ0n) is 15.3. The molecule has 0 unspecified atom stereocenters. The van der Waals surface area contributed by atoms with E-state index in [1.807, 2.05) is 13.8 Å². The van der Waals surface area contributed by atoms with Gasteiger partial charge in [-0.1, -0.05) is 38.1 Å². The summed E-state index contributed by atoms with van der Waals surface area (Å²) in [6.45, 7) is 4.82. The summed E-state index contributed by atoms with van der Waals surface area (Å²) in [7, 11) is 0. The monoisotopic (exact) mass is 364 g/mol. The largest absolute Gasteiger partial charge is 0.492 e. The van der Waals surface area contributed by atoms with Crippen LogP contribution in [0.3, 0.4) is 0 Å². The van der Waals surface area contributed by atoms with Crippen molar-refractivity contribution in [3.05, 3.63) is 58.8 Å². The van der Waals surface area contributed by atoms with Crippen LogP contribution in [0.2, 0.25) is 0 Å². The predicted molar refractivity (Wildman–Crippen MR) is 101 cm³/mol. The predicted octanol–water partition coefficient (Wildman–Crippen LogP) is 4.79. The summed E-state index contributed by atoms with van der Waals surface area (Å²) in [5, 5.41) is 0.647. The van der Waals surface area contributed by atoms with Gasteiger partial charge in [0.2, 0.25) is 0 Å². The van der Waals surface area contributed by atoms with Crippen LogP contribution in [0, 0.1) is 0 Å². The van der Waals surface area contributed by atoms with E-state index in [2.05, 4.69) is 0 Å². The second-order valence-electron chi connectivity index (χ2n) is 6.47. The Labute approximate surface area is 156 Å². The number of carbonyl (C=O) groups is 2. The summed E-state index contributed by atoms with van der Waals surface area (Å²) in [5.74, 6) is 0.248. The van der Waals surface area contributed by atoms with E-state index in [-0.39, 0.29) is 22.7 Å². The van der Waals surface area contributed by atoms with E-state index >= 15 is 0 Å². The third-order valence-electron chi connectivity index (χ3n) is 4.59. The van der Waals surface area contributed by atoms with Gasteiger partial charge in [-0.25, -0.2) is 0 Å². The Balaban J connectivity index is 2.06. The number of carbonyl (C=O) groups excluding carboxylic acids is 2. The van der Waals surface area contributed by atoms with Crippen LogP contribution < -0.4 is 9.47 Å². The summed E-state index contributed by atoms with van der Waals surface area (Å²) < 4.78 is 17.5. The molecular weight excluding hydrogens is 344 g/mol. The number of ketones is 2. The number of fused-ring (bicyclic) bond motifs is 3. The maximum absolute atomic E-state index is 13.3. The highest BCUT2D eigenvalue weighted by atomic mass is 16.5. The lowest BCUT2D eigenvalue weighted by molar-refractivity contribution is 0.0972. The second kappa shape index (κ2) is 6.91. The number of benzene rings is 2. The second-order valence-corrected chi connectivity index (χ2v) is 6.47. The highest BCUT2D eigenvalue weighted by Gasteiger charge is 2.38. The summed E-state index contributed by atoms with van der Waals surface area (Å²) >= 11 is 0. The molecule has 0 atom stereocenters. The van der Waals surface area contributed by atoms with Crippen LogP contribution in [0.1, 0.15) is 58.5 Å². The maximum Gasteiger partial charge on any atom is 0.198 e. The lowest BCUT2D eigenvalue weighted by Crippen LogP contribution is -2.23. The average molecular weight is 364 g/mol. The van der Waals surface area contributed by atoms with E-state index in [1.165, 1.54) is 6.26 Å². The van der Waals surface area contributed by atoms with Gasteiger partial charge < -0.3 is 13.9 Å². The van der Waals surface area contributed by atoms with E-state index in [9.17, 15) is 9.59 Å². The molecule has 0 bridgehead atoms.